The van der Waals surface area contributed by atoms with Gasteiger partial charge in [0.25, 0.3) is 5.56 Å². The minimum absolute atomic E-state index is 0.188. The summed E-state index contributed by atoms with van der Waals surface area (Å²) in [6, 6.07) is 14.5. The minimum Gasteiger partial charge on any atom is -0.490 e. The molecule has 1 saturated heterocycles. The summed E-state index contributed by atoms with van der Waals surface area (Å²) in [6.45, 7) is 2.32. The van der Waals surface area contributed by atoms with Crippen LogP contribution >= 0.6 is 11.3 Å². The van der Waals surface area contributed by atoms with E-state index in [4.69, 9.17) is 4.74 Å². The standard InChI is InChI=1S/C26H24F3N3O2S/c1-31-11-9-21(10-12-31)34-22-4-2-3-17(13-22)16-32-25(33)24-19(15-30-32)14-23(35-24)18-5-7-20(8-6-18)26(27,28)29/h2-8,13-15,21H,9-12,16H2,1H3. The molecule has 0 N–H and O–H groups in total. The number of alkyl halides is 3. The van der Waals surface area contributed by atoms with Crippen LogP contribution in [-0.4, -0.2) is 40.9 Å². The van der Waals surface area contributed by atoms with Crippen LogP contribution < -0.4 is 10.3 Å². The van der Waals surface area contributed by atoms with Gasteiger partial charge in [-0.3, -0.25) is 4.79 Å². The SMILES string of the molecule is CN1CCC(Oc2cccc(Cn3ncc4cc(-c5ccc(C(F)(F)F)cc5)sc4c3=O)c2)CC1. The number of benzene rings is 2. The number of piperidine rings is 1. The molecular formula is C26H24F3N3O2S. The maximum atomic E-state index is 13.1. The summed E-state index contributed by atoms with van der Waals surface area (Å²) in [5.41, 5.74) is 0.605. The van der Waals surface area contributed by atoms with Gasteiger partial charge in [-0.2, -0.15) is 18.3 Å². The van der Waals surface area contributed by atoms with Gasteiger partial charge in [0.05, 0.1) is 18.3 Å². The van der Waals surface area contributed by atoms with Crippen LogP contribution in [0.4, 0.5) is 13.2 Å². The number of nitrogens with zero attached hydrogens (tertiary/aromatic N) is 3. The lowest BCUT2D eigenvalue weighted by atomic mass is 10.1. The highest BCUT2D eigenvalue weighted by Gasteiger charge is 2.30. The number of hydrogen-bond donors (Lipinski definition) is 0. The highest BCUT2D eigenvalue weighted by atomic mass is 32.1. The quantitative estimate of drug-likeness (QED) is 0.355. The van der Waals surface area contributed by atoms with Gasteiger partial charge in [-0.1, -0.05) is 24.3 Å². The van der Waals surface area contributed by atoms with Gasteiger partial charge in [-0.05, 0) is 61.3 Å². The van der Waals surface area contributed by atoms with Crippen LogP contribution in [0.5, 0.6) is 5.75 Å². The van der Waals surface area contributed by atoms with Gasteiger partial charge >= 0.3 is 6.18 Å². The number of hydrogen-bond acceptors (Lipinski definition) is 5. The Morgan fingerprint density at radius 1 is 1.09 bits per heavy atom. The fourth-order valence-electron chi connectivity index (χ4n) is 4.23. The Hall–Kier alpha value is -3.17. The molecule has 35 heavy (non-hydrogen) atoms. The normalized spacial score (nSPS) is 15.5. The number of fused-ring (bicyclic) bond motifs is 1. The molecule has 1 fully saturated rings. The number of ether oxygens (including phenoxy) is 1. The summed E-state index contributed by atoms with van der Waals surface area (Å²) >= 11 is 1.26. The van der Waals surface area contributed by atoms with E-state index in [1.807, 2.05) is 24.3 Å². The van der Waals surface area contributed by atoms with Gasteiger partial charge in [0.2, 0.25) is 0 Å². The topological polar surface area (TPSA) is 47.4 Å². The molecule has 9 heteroatoms. The second kappa shape index (κ2) is 9.47. The Bertz CT molecular complexity index is 1390. The maximum absolute atomic E-state index is 13.1. The zero-order valence-corrected chi connectivity index (χ0v) is 19.9. The van der Waals surface area contributed by atoms with Crippen molar-refractivity contribution in [3.8, 4) is 16.2 Å². The van der Waals surface area contributed by atoms with Crippen molar-refractivity contribution >= 4 is 21.4 Å². The zero-order valence-electron chi connectivity index (χ0n) is 19.1. The van der Waals surface area contributed by atoms with Crippen molar-refractivity contribution in [3.63, 3.8) is 0 Å². The lowest BCUT2D eigenvalue weighted by molar-refractivity contribution is -0.137. The van der Waals surface area contributed by atoms with Gasteiger partial charge in [0.1, 0.15) is 16.6 Å². The van der Waals surface area contributed by atoms with Crippen LogP contribution in [0.25, 0.3) is 20.5 Å². The smallest absolute Gasteiger partial charge is 0.416 e. The molecule has 5 nitrogen and oxygen atoms in total. The Balaban J connectivity index is 1.35. The lowest BCUT2D eigenvalue weighted by Gasteiger charge is -2.29. The predicted octanol–water partition coefficient (Wildman–Crippen LogP) is 5.67. The molecule has 1 aliphatic heterocycles. The van der Waals surface area contributed by atoms with Crippen molar-refractivity contribution < 1.29 is 17.9 Å². The van der Waals surface area contributed by atoms with Gasteiger partial charge in [0, 0.05) is 23.4 Å². The molecule has 0 radical (unpaired) electrons. The van der Waals surface area contributed by atoms with Gasteiger partial charge in [-0.25, -0.2) is 4.68 Å². The first-order valence-corrected chi connectivity index (χ1v) is 12.2. The third-order valence-corrected chi connectivity index (χ3v) is 7.41. The third kappa shape index (κ3) is 5.26. The molecule has 0 atom stereocenters. The van der Waals surface area contributed by atoms with E-state index in [1.54, 1.807) is 12.3 Å². The van der Waals surface area contributed by atoms with Crippen LogP contribution in [0.3, 0.4) is 0 Å². The number of likely N-dealkylation sites (tertiary alicyclic amines) is 1. The van der Waals surface area contributed by atoms with Crippen molar-refractivity contribution in [3.05, 3.63) is 82.3 Å². The molecule has 5 rings (SSSR count). The summed E-state index contributed by atoms with van der Waals surface area (Å²) in [6.07, 6.45) is -0.602. The fraction of sp³-hybridized carbons (Fsp3) is 0.308. The van der Waals surface area contributed by atoms with E-state index < -0.39 is 11.7 Å². The molecule has 182 valence electrons. The van der Waals surface area contributed by atoms with Crippen LogP contribution in [0.1, 0.15) is 24.0 Å². The molecule has 2 aromatic carbocycles. The van der Waals surface area contributed by atoms with E-state index in [9.17, 15) is 18.0 Å². The molecule has 2 aromatic heterocycles. The molecule has 0 amide bonds. The van der Waals surface area contributed by atoms with Gasteiger partial charge in [0.15, 0.2) is 0 Å². The summed E-state index contributed by atoms with van der Waals surface area (Å²) in [5.74, 6) is 0.784. The van der Waals surface area contributed by atoms with E-state index in [1.165, 1.54) is 28.2 Å². The lowest BCUT2D eigenvalue weighted by Crippen LogP contribution is -2.35. The zero-order chi connectivity index (χ0) is 24.6. The fourth-order valence-corrected chi connectivity index (χ4v) is 5.32. The van der Waals surface area contributed by atoms with Crippen molar-refractivity contribution in [1.82, 2.24) is 14.7 Å². The first-order chi connectivity index (χ1) is 16.8. The van der Waals surface area contributed by atoms with Crippen LogP contribution in [-0.2, 0) is 12.7 Å². The van der Waals surface area contributed by atoms with Crippen LogP contribution in [0.15, 0.2) is 65.6 Å². The molecule has 0 aliphatic carbocycles. The summed E-state index contributed by atoms with van der Waals surface area (Å²) in [7, 11) is 2.11. The average Bonchev–Trinajstić information content (AvgIpc) is 3.28. The van der Waals surface area contributed by atoms with Crippen molar-refractivity contribution in [1.29, 1.82) is 0 Å². The van der Waals surface area contributed by atoms with E-state index in [2.05, 4.69) is 17.0 Å². The number of thiophene rings is 1. The van der Waals surface area contributed by atoms with Crippen molar-refractivity contribution in [2.24, 2.45) is 0 Å². The molecule has 0 unspecified atom stereocenters. The van der Waals surface area contributed by atoms with Crippen LogP contribution in [0, 0.1) is 0 Å². The number of aromatic nitrogens is 2. The number of rotatable bonds is 5. The van der Waals surface area contributed by atoms with Crippen molar-refractivity contribution in [2.45, 2.75) is 31.7 Å². The van der Waals surface area contributed by atoms with Gasteiger partial charge in [-0.15, -0.1) is 11.3 Å². The third-order valence-electron chi connectivity index (χ3n) is 6.22. The van der Waals surface area contributed by atoms with Crippen LogP contribution in [0.2, 0.25) is 0 Å². The Morgan fingerprint density at radius 3 is 2.54 bits per heavy atom. The molecule has 0 saturated carbocycles. The molecule has 4 aromatic rings. The first kappa shape index (κ1) is 23.6. The first-order valence-electron chi connectivity index (χ1n) is 11.4. The Labute approximate surface area is 204 Å². The largest absolute Gasteiger partial charge is 0.490 e. The molecular weight excluding hydrogens is 475 g/mol. The average molecular weight is 500 g/mol. The second-order valence-corrected chi connectivity index (χ2v) is 9.90. The monoisotopic (exact) mass is 499 g/mol. The van der Waals surface area contributed by atoms with E-state index in [0.29, 0.717) is 22.2 Å². The highest BCUT2D eigenvalue weighted by molar-refractivity contribution is 7.22. The summed E-state index contributed by atoms with van der Waals surface area (Å²) in [4.78, 5) is 16.1. The Morgan fingerprint density at radius 2 is 1.83 bits per heavy atom. The summed E-state index contributed by atoms with van der Waals surface area (Å²) in [5, 5.41) is 5.00. The van der Waals surface area contributed by atoms with E-state index in [-0.39, 0.29) is 11.7 Å². The Kier molecular flexibility index (Phi) is 6.37. The molecule has 3 heterocycles. The molecule has 0 bridgehead atoms. The maximum Gasteiger partial charge on any atom is 0.416 e. The van der Waals surface area contributed by atoms with Gasteiger partial charge < -0.3 is 9.64 Å². The summed E-state index contributed by atoms with van der Waals surface area (Å²) < 4.78 is 46.7. The van der Waals surface area contributed by atoms with E-state index >= 15 is 0 Å². The predicted molar refractivity (Wildman–Crippen MR) is 131 cm³/mol. The highest BCUT2D eigenvalue weighted by Crippen LogP contribution is 2.34. The van der Waals surface area contributed by atoms with E-state index in [0.717, 1.165) is 54.3 Å². The molecule has 0 spiro atoms. The minimum atomic E-state index is -4.38. The van der Waals surface area contributed by atoms with Crippen molar-refractivity contribution in [2.75, 3.05) is 20.1 Å². The number of halogens is 3. The second-order valence-electron chi connectivity index (χ2n) is 8.85. The molecule has 1 aliphatic rings.